The van der Waals surface area contributed by atoms with E-state index in [0.29, 0.717) is 5.56 Å². The van der Waals surface area contributed by atoms with Crippen molar-refractivity contribution < 1.29 is 0 Å². The molecule has 0 aromatic heterocycles. The predicted molar refractivity (Wildman–Crippen MR) is 78.8 cm³/mol. The molecule has 0 nitrogen and oxygen atoms in total. The summed E-state index contributed by atoms with van der Waals surface area (Å²) in [4.78, 5) is 0. The number of hydrogen-bond donors (Lipinski definition) is 0. The molecule has 2 aromatic rings. The average Bonchev–Trinajstić information content (AvgIpc) is 2.28. The van der Waals surface area contributed by atoms with Crippen molar-refractivity contribution in [2.24, 2.45) is 0 Å². The van der Waals surface area contributed by atoms with Crippen molar-refractivity contribution >= 4 is 50.7 Å². The van der Waals surface area contributed by atoms with Crippen LogP contribution >= 0.6 is 50.7 Å². The van der Waals surface area contributed by atoms with Crippen molar-refractivity contribution in [3.05, 3.63) is 58.6 Å². The van der Waals surface area contributed by atoms with Gasteiger partial charge in [0.25, 0.3) is 0 Å². The van der Waals surface area contributed by atoms with Crippen LogP contribution < -0.4 is 0 Å². The number of halogens is 4. The fourth-order valence-corrected chi connectivity index (χ4v) is 2.30. The molecule has 88 valence electrons. The summed E-state index contributed by atoms with van der Waals surface area (Å²) in [6, 6.07) is 15.5. The van der Waals surface area contributed by atoms with Crippen molar-refractivity contribution in [1.82, 2.24) is 0 Å². The number of hydrogen-bond acceptors (Lipinski definition) is 0. The van der Waals surface area contributed by atoms with E-state index in [1.54, 1.807) is 6.07 Å². The lowest BCUT2D eigenvalue weighted by Crippen LogP contribution is -1.99. The maximum absolute atomic E-state index is 5.87. The summed E-state index contributed by atoms with van der Waals surface area (Å²) >= 11 is 21.1. The van der Waals surface area contributed by atoms with Crippen LogP contribution in [0.15, 0.2) is 53.0 Å². The molecular weight excluding hydrogens is 342 g/mol. The third-order valence-electron chi connectivity index (χ3n) is 2.35. The fraction of sp³-hybridized carbons (Fsp3) is 0.0769. The highest BCUT2D eigenvalue weighted by Crippen LogP contribution is 2.39. The Morgan fingerprint density at radius 2 is 1.41 bits per heavy atom. The van der Waals surface area contributed by atoms with Gasteiger partial charge in [-0.1, -0.05) is 81.1 Å². The summed E-state index contributed by atoms with van der Waals surface area (Å²) in [5.41, 5.74) is 2.77. The minimum absolute atomic E-state index is 0.667. The molecule has 0 unspecified atom stereocenters. The Hall–Kier alpha value is -0.210. The van der Waals surface area contributed by atoms with Gasteiger partial charge < -0.3 is 0 Å². The molecule has 0 saturated carbocycles. The van der Waals surface area contributed by atoms with Gasteiger partial charge in [0.1, 0.15) is 0 Å². The van der Waals surface area contributed by atoms with Crippen molar-refractivity contribution in [2.45, 2.75) is 3.79 Å². The first-order valence-electron chi connectivity index (χ1n) is 4.90. The van der Waals surface area contributed by atoms with Gasteiger partial charge in [0.15, 0.2) is 0 Å². The van der Waals surface area contributed by atoms with Crippen LogP contribution in [0.3, 0.4) is 0 Å². The summed E-state index contributed by atoms with van der Waals surface area (Å²) in [5.74, 6) is 0. The van der Waals surface area contributed by atoms with Crippen molar-refractivity contribution in [3.8, 4) is 11.1 Å². The van der Waals surface area contributed by atoms with Crippen LogP contribution in [-0.2, 0) is 3.79 Å². The van der Waals surface area contributed by atoms with Crippen molar-refractivity contribution in [1.29, 1.82) is 0 Å². The SMILES string of the molecule is ClC(Cl)(Cl)c1cccc(-c2cccc(Br)c2)c1. The number of alkyl halides is 3. The zero-order valence-corrected chi connectivity index (χ0v) is 12.5. The first-order chi connectivity index (χ1) is 7.97. The zero-order valence-electron chi connectivity index (χ0n) is 8.63. The molecule has 0 saturated heterocycles. The molecule has 0 bridgehead atoms. The molecule has 0 heterocycles. The summed E-state index contributed by atoms with van der Waals surface area (Å²) in [6.07, 6.45) is 0. The highest BCUT2D eigenvalue weighted by Gasteiger charge is 2.22. The largest absolute Gasteiger partial charge is 0.216 e. The quantitative estimate of drug-likeness (QED) is 0.558. The molecule has 17 heavy (non-hydrogen) atoms. The Labute approximate surface area is 124 Å². The second-order valence-corrected chi connectivity index (χ2v) is 6.79. The summed E-state index contributed by atoms with van der Waals surface area (Å²) in [5, 5.41) is 0. The Morgan fingerprint density at radius 1 is 0.824 bits per heavy atom. The van der Waals surface area contributed by atoms with Gasteiger partial charge >= 0.3 is 0 Å². The minimum atomic E-state index is -1.39. The Morgan fingerprint density at radius 3 is 2.00 bits per heavy atom. The molecule has 0 aliphatic rings. The molecule has 0 aliphatic carbocycles. The van der Waals surface area contributed by atoms with Gasteiger partial charge in [0, 0.05) is 10.0 Å². The Kier molecular flexibility index (Phi) is 4.04. The van der Waals surface area contributed by atoms with Gasteiger partial charge in [-0.25, -0.2) is 0 Å². The fourth-order valence-electron chi connectivity index (χ4n) is 1.54. The van der Waals surface area contributed by atoms with Gasteiger partial charge in [-0.2, -0.15) is 0 Å². The van der Waals surface area contributed by atoms with Crippen LogP contribution in [0.25, 0.3) is 11.1 Å². The molecule has 0 N–H and O–H groups in total. The number of rotatable bonds is 1. The van der Waals surface area contributed by atoms with Crippen LogP contribution in [0.5, 0.6) is 0 Å². The van der Waals surface area contributed by atoms with Gasteiger partial charge in [-0.3, -0.25) is 0 Å². The molecule has 2 aromatic carbocycles. The molecule has 0 atom stereocenters. The molecule has 0 aliphatic heterocycles. The van der Waals surface area contributed by atoms with Crippen LogP contribution in [0.1, 0.15) is 5.56 Å². The van der Waals surface area contributed by atoms with Gasteiger partial charge in [0.05, 0.1) is 0 Å². The summed E-state index contributed by atoms with van der Waals surface area (Å²) < 4.78 is -0.364. The molecular formula is C13H8BrCl3. The molecule has 2 rings (SSSR count). The van der Waals surface area contributed by atoms with E-state index in [9.17, 15) is 0 Å². The normalized spacial score (nSPS) is 11.5. The number of benzene rings is 2. The second-order valence-electron chi connectivity index (χ2n) is 3.59. The second kappa shape index (κ2) is 5.19. The minimum Gasteiger partial charge on any atom is -0.0784 e. The van der Waals surface area contributed by atoms with Gasteiger partial charge in [-0.05, 0) is 29.3 Å². The zero-order chi connectivity index (χ0) is 12.5. The lowest BCUT2D eigenvalue weighted by Gasteiger charge is -2.12. The molecule has 0 fully saturated rings. The van der Waals surface area contributed by atoms with E-state index < -0.39 is 3.79 Å². The van der Waals surface area contributed by atoms with E-state index in [-0.39, 0.29) is 0 Å². The molecule has 0 radical (unpaired) electrons. The highest BCUT2D eigenvalue weighted by molar-refractivity contribution is 9.10. The van der Waals surface area contributed by atoms with E-state index in [1.807, 2.05) is 42.5 Å². The monoisotopic (exact) mass is 348 g/mol. The smallest absolute Gasteiger partial charge is 0.0784 e. The van der Waals surface area contributed by atoms with E-state index in [1.165, 1.54) is 0 Å². The van der Waals surface area contributed by atoms with Crippen molar-refractivity contribution in [2.75, 3.05) is 0 Å². The average molecular weight is 350 g/mol. The predicted octanol–water partition coefficient (Wildman–Crippen LogP) is 5.94. The summed E-state index contributed by atoms with van der Waals surface area (Å²) in [6.45, 7) is 0. The van der Waals surface area contributed by atoms with E-state index in [4.69, 9.17) is 34.8 Å². The standard InChI is InChI=1S/C13H8BrCl3/c14-12-6-2-4-10(8-12)9-3-1-5-11(7-9)13(15,16)17/h1-8H. The third-order valence-corrected chi connectivity index (χ3v) is 3.50. The van der Waals surface area contributed by atoms with Gasteiger partial charge in [0.2, 0.25) is 3.79 Å². The van der Waals surface area contributed by atoms with Gasteiger partial charge in [-0.15, -0.1) is 0 Å². The Bertz CT molecular complexity index is 532. The third kappa shape index (κ3) is 3.38. The summed E-state index contributed by atoms with van der Waals surface area (Å²) in [7, 11) is 0. The lowest BCUT2D eigenvalue weighted by molar-refractivity contribution is 1.24. The highest BCUT2D eigenvalue weighted by atomic mass is 79.9. The topological polar surface area (TPSA) is 0 Å². The van der Waals surface area contributed by atoms with E-state index in [2.05, 4.69) is 15.9 Å². The van der Waals surface area contributed by atoms with Crippen molar-refractivity contribution in [3.63, 3.8) is 0 Å². The van der Waals surface area contributed by atoms with Crippen LogP contribution in [-0.4, -0.2) is 0 Å². The van der Waals surface area contributed by atoms with E-state index in [0.717, 1.165) is 15.6 Å². The first-order valence-corrected chi connectivity index (χ1v) is 6.83. The van der Waals surface area contributed by atoms with Crippen LogP contribution in [0.4, 0.5) is 0 Å². The van der Waals surface area contributed by atoms with Crippen LogP contribution in [0, 0.1) is 0 Å². The maximum Gasteiger partial charge on any atom is 0.216 e. The first kappa shape index (κ1) is 13.2. The molecule has 0 amide bonds. The maximum atomic E-state index is 5.87. The molecule has 0 spiro atoms. The van der Waals surface area contributed by atoms with E-state index >= 15 is 0 Å². The molecule has 4 heteroatoms. The lowest BCUT2D eigenvalue weighted by atomic mass is 10.0. The van der Waals surface area contributed by atoms with Crippen LogP contribution in [0.2, 0.25) is 0 Å². The Balaban J connectivity index is 2.47.